The molecule has 0 aromatic rings. The molecule has 0 N–H and O–H groups in total. The molecular formula is C46H96N+. The summed E-state index contributed by atoms with van der Waals surface area (Å²) in [6.45, 7) is 15.3. The normalized spacial score (nSPS) is 12.0. The van der Waals surface area contributed by atoms with E-state index in [-0.39, 0.29) is 0 Å². The largest absolute Gasteiger partial charge is 0.324 e. The lowest BCUT2D eigenvalue weighted by Gasteiger charge is -2.40. The molecule has 0 aromatic heterocycles. The van der Waals surface area contributed by atoms with Crippen LogP contribution in [0.5, 0.6) is 0 Å². The number of nitrogens with zero attached hydrogens (tertiary/aromatic N) is 1. The van der Waals surface area contributed by atoms with E-state index in [0.29, 0.717) is 0 Å². The van der Waals surface area contributed by atoms with Crippen LogP contribution in [0.25, 0.3) is 0 Å². The van der Waals surface area contributed by atoms with Gasteiger partial charge in [0.2, 0.25) is 0 Å². The summed E-state index contributed by atoms with van der Waals surface area (Å²) in [6.07, 6.45) is 55.7. The topological polar surface area (TPSA) is 0 Å². The van der Waals surface area contributed by atoms with Crippen LogP contribution in [0.15, 0.2) is 0 Å². The van der Waals surface area contributed by atoms with Gasteiger partial charge in [-0.05, 0) is 51.4 Å². The average Bonchev–Trinajstić information content (AvgIpc) is 3.08. The summed E-state index contributed by atoms with van der Waals surface area (Å²) in [4.78, 5) is 0. The molecule has 0 heterocycles. The summed E-state index contributed by atoms with van der Waals surface area (Å²) < 4.78 is 1.49. The maximum atomic E-state index is 2.34. The van der Waals surface area contributed by atoms with Gasteiger partial charge >= 0.3 is 0 Å². The van der Waals surface area contributed by atoms with Crippen molar-refractivity contribution in [3.63, 3.8) is 0 Å². The standard InChI is InChI=1S/C46H96N/c1-5-9-13-17-21-25-26-30-34-38-42-46-47(43-39-35-31-27-22-18-14-10-6-2,44-40-36-32-28-23-19-15-11-7-3)45-41-37-33-29-24-20-16-12-8-4/h5-46H2,1-4H3/q+1. The second-order valence-electron chi connectivity index (χ2n) is 16.3. The van der Waals surface area contributed by atoms with Gasteiger partial charge in [-0.2, -0.15) is 0 Å². The summed E-state index contributed by atoms with van der Waals surface area (Å²) in [5, 5.41) is 0. The number of hydrogen-bond acceptors (Lipinski definition) is 0. The van der Waals surface area contributed by atoms with Gasteiger partial charge in [0.1, 0.15) is 0 Å². The molecule has 0 saturated carbocycles. The molecule has 0 rings (SSSR count). The number of rotatable bonds is 42. The SMILES string of the molecule is CCCCCCCCCCCCC[N+](CCCCCCCCCCC)(CCCCCCCCCCC)CCCCCCCCCCC. The summed E-state index contributed by atoms with van der Waals surface area (Å²) in [5.74, 6) is 0. The molecular weight excluding hydrogens is 567 g/mol. The van der Waals surface area contributed by atoms with E-state index >= 15 is 0 Å². The molecule has 0 aromatic carbocycles. The van der Waals surface area contributed by atoms with Gasteiger partial charge in [-0.15, -0.1) is 0 Å². The lowest BCUT2D eigenvalue weighted by atomic mass is 10.0. The summed E-state index contributed by atoms with van der Waals surface area (Å²) in [7, 11) is 0. The van der Waals surface area contributed by atoms with E-state index in [0.717, 1.165) is 0 Å². The van der Waals surface area contributed by atoms with Crippen molar-refractivity contribution in [3.8, 4) is 0 Å². The molecule has 47 heavy (non-hydrogen) atoms. The highest BCUT2D eigenvalue weighted by molar-refractivity contribution is 4.56. The predicted octanol–water partition coefficient (Wildman–Crippen LogP) is 16.7. The summed E-state index contributed by atoms with van der Waals surface area (Å²) >= 11 is 0. The van der Waals surface area contributed by atoms with Gasteiger partial charge in [0.15, 0.2) is 0 Å². The Morgan fingerprint density at radius 3 is 0.447 bits per heavy atom. The highest BCUT2D eigenvalue weighted by Crippen LogP contribution is 2.22. The van der Waals surface area contributed by atoms with Crippen LogP contribution in [-0.4, -0.2) is 30.7 Å². The zero-order valence-electron chi connectivity index (χ0n) is 34.1. The summed E-state index contributed by atoms with van der Waals surface area (Å²) in [6, 6.07) is 0. The zero-order chi connectivity index (χ0) is 34.2. The smallest absolute Gasteiger partial charge is 0.0786 e. The van der Waals surface area contributed by atoms with Gasteiger partial charge in [-0.25, -0.2) is 0 Å². The number of quaternary nitrogens is 1. The fourth-order valence-corrected chi connectivity index (χ4v) is 8.06. The second-order valence-corrected chi connectivity index (χ2v) is 16.3. The molecule has 0 aliphatic carbocycles. The van der Waals surface area contributed by atoms with Crippen LogP contribution in [0.3, 0.4) is 0 Å². The highest BCUT2D eigenvalue weighted by Gasteiger charge is 2.25. The van der Waals surface area contributed by atoms with E-state index < -0.39 is 0 Å². The van der Waals surface area contributed by atoms with Gasteiger partial charge in [-0.1, -0.05) is 220 Å². The first-order valence-corrected chi connectivity index (χ1v) is 23.1. The van der Waals surface area contributed by atoms with Crippen molar-refractivity contribution >= 4 is 0 Å². The molecule has 284 valence electrons. The Bertz CT molecular complexity index is 486. The van der Waals surface area contributed by atoms with E-state index in [2.05, 4.69) is 27.7 Å². The molecule has 1 nitrogen and oxygen atoms in total. The second kappa shape index (κ2) is 40.4. The van der Waals surface area contributed by atoms with Crippen molar-refractivity contribution in [3.05, 3.63) is 0 Å². The third kappa shape index (κ3) is 35.6. The molecule has 0 fully saturated rings. The van der Waals surface area contributed by atoms with Gasteiger partial charge in [0, 0.05) is 0 Å². The monoisotopic (exact) mass is 663 g/mol. The Morgan fingerprint density at radius 2 is 0.298 bits per heavy atom. The molecule has 0 atom stereocenters. The first kappa shape index (κ1) is 47.0. The first-order chi connectivity index (χ1) is 23.2. The Labute approximate surface area is 301 Å². The van der Waals surface area contributed by atoms with Crippen LogP contribution in [0.1, 0.15) is 272 Å². The molecule has 0 spiro atoms. The van der Waals surface area contributed by atoms with E-state index in [4.69, 9.17) is 0 Å². The molecule has 0 amide bonds. The van der Waals surface area contributed by atoms with Gasteiger partial charge in [0.25, 0.3) is 0 Å². The fourth-order valence-electron chi connectivity index (χ4n) is 8.06. The van der Waals surface area contributed by atoms with Crippen LogP contribution in [-0.2, 0) is 0 Å². The van der Waals surface area contributed by atoms with E-state index in [1.165, 1.54) is 275 Å². The van der Waals surface area contributed by atoms with Crippen molar-refractivity contribution in [1.82, 2.24) is 0 Å². The Kier molecular flexibility index (Phi) is 40.4. The third-order valence-corrected chi connectivity index (χ3v) is 11.4. The van der Waals surface area contributed by atoms with Crippen molar-refractivity contribution in [2.45, 2.75) is 272 Å². The molecule has 0 radical (unpaired) electrons. The van der Waals surface area contributed by atoms with Crippen LogP contribution >= 0.6 is 0 Å². The van der Waals surface area contributed by atoms with E-state index in [9.17, 15) is 0 Å². The van der Waals surface area contributed by atoms with Crippen molar-refractivity contribution < 1.29 is 4.48 Å². The highest BCUT2D eigenvalue weighted by atomic mass is 15.3. The number of unbranched alkanes of at least 4 members (excludes halogenated alkanes) is 34. The fraction of sp³-hybridized carbons (Fsp3) is 1.00. The number of hydrogen-bond donors (Lipinski definition) is 0. The molecule has 0 aliphatic rings. The van der Waals surface area contributed by atoms with Crippen LogP contribution in [0, 0.1) is 0 Å². The minimum atomic E-state index is 1.37. The van der Waals surface area contributed by atoms with Crippen molar-refractivity contribution in [2.24, 2.45) is 0 Å². The minimum Gasteiger partial charge on any atom is -0.324 e. The lowest BCUT2D eigenvalue weighted by Crippen LogP contribution is -2.50. The molecule has 1 heteroatoms. The molecule has 0 saturated heterocycles. The third-order valence-electron chi connectivity index (χ3n) is 11.4. The van der Waals surface area contributed by atoms with E-state index in [1.807, 2.05) is 0 Å². The van der Waals surface area contributed by atoms with Crippen molar-refractivity contribution in [2.75, 3.05) is 26.2 Å². The Morgan fingerprint density at radius 1 is 0.170 bits per heavy atom. The minimum absolute atomic E-state index is 1.37. The van der Waals surface area contributed by atoms with Gasteiger partial charge in [0.05, 0.1) is 26.2 Å². The van der Waals surface area contributed by atoms with Crippen LogP contribution < -0.4 is 0 Å². The first-order valence-electron chi connectivity index (χ1n) is 23.1. The van der Waals surface area contributed by atoms with Crippen molar-refractivity contribution in [1.29, 1.82) is 0 Å². The van der Waals surface area contributed by atoms with Crippen LogP contribution in [0.4, 0.5) is 0 Å². The van der Waals surface area contributed by atoms with Gasteiger partial charge < -0.3 is 4.48 Å². The molecule has 0 bridgehead atoms. The Hall–Kier alpha value is -0.0400. The lowest BCUT2D eigenvalue weighted by molar-refractivity contribution is -0.929. The molecule has 0 unspecified atom stereocenters. The Balaban J connectivity index is 4.84. The van der Waals surface area contributed by atoms with Crippen LogP contribution in [0.2, 0.25) is 0 Å². The quantitative estimate of drug-likeness (QED) is 0.0451. The summed E-state index contributed by atoms with van der Waals surface area (Å²) in [5.41, 5.74) is 0. The predicted molar refractivity (Wildman–Crippen MR) is 218 cm³/mol. The van der Waals surface area contributed by atoms with E-state index in [1.54, 1.807) is 0 Å². The zero-order valence-corrected chi connectivity index (χ0v) is 34.1. The maximum Gasteiger partial charge on any atom is 0.0786 e. The van der Waals surface area contributed by atoms with Gasteiger partial charge in [-0.3, -0.25) is 0 Å². The average molecular weight is 663 g/mol. The molecule has 0 aliphatic heterocycles. The maximum absolute atomic E-state index is 2.34.